The standard InChI is InChI=1S/C16H27N3O/c1-11(2)18-16(20)13(5)19(12(3)4)15-8-6-14(10-17)7-9-15/h6-9,11-13H,10,17H2,1-5H3,(H,18,20). The summed E-state index contributed by atoms with van der Waals surface area (Å²) in [6, 6.07) is 8.27. The van der Waals surface area contributed by atoms with Gasteiger partial charge >= 0.3 is 0 Å². The lowest BCUT2D eigenvalue weighted by Crippen LogP contribution is -2.49. The third kappa shape index (κ3) is 4.23. The highest BCUT2D eigenvalue weighted by Crippen LogP contribution is 2.21. The van der Waals surface area contributed by atoms with Gasteiger partial charge in [0.25, 0.3) is 0 Å². The maximum absolute atomic E-state index is 12.2. The van der Waals surface area contributed by atoms with E-state index in [1.807, 2.05) is 45.0 Å². The van der Waals surface area contributed by atoms with Crippen LogP contribution in [0.25, 0.3) is 0 Å². The Labute approximate surface area is 122 Å². The van der Waals surface area contributed by atoms with E-state index in [1.54, 1.807) is 0 Å². The summed E-state index contributed by atoms with van der Waals surface area (Å²) >= 11 is 0. The number of nitrogens with one attached hydrogen (secondary N) is 1. The molecule has 1 amide bonds. The van der Waals surface area contributed by atoms with E-state index in [0.29, 0.717) is 6.54 Å². The van der Waals surface area contributed by atoms with Gasteiger partial charge < -0.3 is 16.0 Å². The molecule has 20 heavy (non-hydrogen) atoms. The van der Waals surface area contributed by atoms with Crippen molar-refractivity contribution in [1.82, 2.24) is 5.32 Å². The molecule has 0 aliphatic carbocycles. The molecular formula is C16H27N3O. The van der Waals surface area contributed by atoms with Crippen LogP contribution in [-0.4, -0.2) is 24.0 Å². The Kier molecular flexibility index (Phi) is 6.02. The van der Waals surface area contributed by atoms with Gasteiger partial charge in [-0.2, -0.15) is 0 Å². The van der Waals surface area contributed by atoms with Gasteiger partial charge in [0, 0.05) is 24.3 Å². The molecule has 0 bridgehead atoms. The van der Waals surface area contributed by atoms with Crippen LogP contribution in [0.5, 0.6) is 0 Å². The first-order chi connectivity index (χ1) is 9.36. The van der Waals surface area contributed by atoms with Gasteiger partial charge in [-0.25, -0.2) is 0 Å². The molecular weight excluding hydrogens is 250 g/mol. The second-order valence-electron chi connectivity index (χ2n) is 5.71. The molecule has 1 rings (SSSR count). The smallest absolute Gasteiger partial charge is 0.242 e. The van der Waals surface area contributed by atoms with E-state index in [1.165, 1.54) is 0 Å². The van der Waals surface area contributed by atoms with Crippen molar-refractivity contribution in [1.29, 1.82) is 0 Å². The summed E-state index contributed by atoms with van der Waals surface area (Å²) < 4.78 is 0. The molecule has 4 heteroatoms. The average molecular weight is 277 g/mol. The van der Waals surface area contributed by atoms with Crippen LogP contribution >= 0.6 is 0 Å². The van der Waals surface area contributed by atoms with Gasteiger partial charge in [0.05, 0.1) is 0 Å². The van der Waals surface area contributed by atoms with E-state index in [-0.39, 0.29) is 24.0 Å². The molecule has 0 spiro atoms. The summed E-state index contributed by atoms with van der Waals surface area (Å²) in [7, 11) is 0. The van der Waals surface area contributed by atoms with Gasteiger partial charge in [0.2, 0.25) is 5.91 Å². The molecule has 112 valence electrons. The van der Waals surface area contributed by atoms with Gasteiger partial charge in [0.15, 0.2) is 0 Å². The highest BCUT2D eigenvalue weighted by molar-refractivity contribution is 5.85. The van der Waals surface area contributed by atoms with E-state index in [2.05, 4.69) is 24.1 Å². The highest BCUT2D eigenvalue weighted by atomic mass is 16.2. The molecule has 0 saturated carbocycles. The lowest BCUT2D eigenvalue weighted by atomic mass is 10.1. The van der Waals surface area contributed by atoms with Crippen LogP contribution in [-0.2, 0) is 11.3 Å². The van der Waals surface area contributed by atoms with Crippen molar-refractivity contribution in [3.05, 3.63) is 29.8 Å². The summed E-state index contributed by atoms with van der Waals surface area (Å²) in [5, 5.41) is 2.97. The Hall–Kier alpha value is -1.55. The number of nitrogens with zero attached hydrogens (tertiary/aromatic N) is 1. The van der Waals surface area contributed by atoms with Crippen molar-refractivity contribution in [2.45, 2.75) is 59.3 Å². The van der Waals surface area contributed by atoms with Crippen molar-refractivity contribution in [3.8, 4) is 0 Å². The van der Waals surface area contributed by atoms with Crippen LogP contribution in [0.4, 0.5) is 5.69 Å². The quantitative estimate of drug-likeness (QED) is 0.838. The summed E-state index contributed by atoms with van der Waals surface area (Å²) in [5.74, 6) is 0.0524. The SMILES string of the molecule is CC(C)NC(=O)C(C)N(c1ccc(CN)cc1)C(C)C. The largest absolute Gasteiger partial charge is 0.357 e. The van der Waals surface area contributed by atoms with Gasteiger partial charge in [-0.3, -0.25) is 4.79 Å². The fourth-order valence-corrected chi connectivity index (χ4v) is 2.30. The topological polar surface area (TPSA) is 58.4 Å². The van der Waals surface area contributed by atoms with Crippen molar-refractivity contribution >= 4 is 11.6 Å². The normalized spacial score (nSPS) is 12.6. The number of benzene rings is 1. The molecule has 0 radical (unpaired) electrons. The maximum atomic E-state index is 12.2. The molecule has 0 saturated heterocycles. The van der Waals surface area contributed by atoms with Crippen LogP contribution < -0.4 is 16.0 Å². The van der Waals surface area contributed by atoms with Crippen molar-refractivity contribution in [3.63, 3.8) is 0 Å². The first-order valence-electron chi connectivity index (χ1n) is 7.24. The number of rotatable bonds is 6. The lowest BCUT2D eigenvalue weighted by molar-refractivity contribution is -0.122. The molecule has 1 aromatic carbocycles. The summed E-state index contributed by atoms with van der Waals surface area (Å²) in [5.41, 5.74) is 7.76. The molecule has 0 aliphatic heterocycles. The number of hydrogen-bond donors (Lipinski definition) is 2. The molecule has 3 N–H and O–H groups in total. The predicted octanol–water partition coefficient (Wildman–Crippen LogP) is 2.27. The number of anilines is 1. The second-order valence-corrected chi connectivity index (χ2v) is 5.71. The summed E-state index contributed by atoms with van der Waals surface area (Å²) in [6.45, 7) is 10.6. The first-order valence-corrected chi connectivity index (χ1v) is 7.24. The fraction of sp³-hybridized carbons (Fsp3) is 0.562. The van der Waals surface area contributed by atoms with Gasteiger partial charge in [-0.15, -0.1) is 0 Å². The minimum Gasteiger partial charge on any atom is -0.357 e. The Bertz CT molecular complexity index is 426. The summed E-state index contributed by atoms with van der Waals surface area (Å²) in [6.07, 6.45) is 0. The second kappa shape index (κ2) is 7.29. The van der Waals surface area contributed by atoms with Crippen molar-refractivity contribution < 1.29 is 4.79 Å². The highest BCUT2D eigenvalue weighted by Gasteiger charge is 2.24. The van der Waals surface area contributed by atoms with Crippen LogP contribution in [0, 0.1) is 0 Å². The Morgan fingerprint density at radius 3 is 2.10 bits per heavy atom. The zero-order valence-corrected chi connectivity index (χ0v) is 13.2. The van der Waals surface area contributed by atoms with Crippen molar-refractivity contribution in [2.75, 3.05) is 4.90 Å². The Morgan fingerprint density at radius 1 is 1.15 bits per heavy atom. The average Bonchev–Trinajstić information content (AvgIpc) is 2.38. The molecule has 1 aromatic rings. The number of amides is 1. The fourth-order valence-electron chi connectivity index (χ4n) is 2.30. The van der Waals surface area contributed by atoms with Crippen LogP contribution in [0.2, 0.25) is 0 Å². The van der Waals surface area contributed by atoms with Gasteiger partial charge in [-0.05, 0) is 52.3 Å². The molecule has 0 fully saturated rings. The van der Waals surface area contributed by atoms with E-state index in [9.17, 15) is 4.79 Å². The zero-order chi connectivity index (χ0) is 15.3. The third-order valence-corrected chi connectivity index (χ3v) is 3.25. The molecule has 1 atom stereocenters. The number of nitrogens with two attached hydrogens (primary N) is 1. The van der Waals surface area contributed by atoms with Crippen LogP contribution in [0.15, 0.2) is 24.3 Å². The predicted molar refractivity (Wildman–Crippen MR) is 84.7 cm³/mol. The Morgan fingerprint density at radius 2 is 1.70 bits per heavy atom. The van der Waals surface area contributed by atoms with E-state index in [0.717, 1.165) is 11.3 Å². The minimum absolute atomic E-state index is 0.0524. The monoisotopic (exact) mass is 277 g/mol. The summed E-state index contributed by atoms with van der Waals surface area (Å²) in [4.78, 5) is 14.3. The lowest BCUT2D eigenvalue weighted by Gasteiger charge is -2.34. The first kappa shape index (κ1) is 16.5. The Balaban J connectivity index is 2.95. The number of hydrogen-bond acceptors (Lipinski definition) is 3. The number of carbonyl (C=O) groups excluding carboxylic acids is 1. The number of carbonyl (C=O) groups is 1. The van der Waals surface area contributed by atoms with Crippen LogP contribution in [0.3, 0.4) is 0 Å². The third-order valence-electron chi connectivity index (χ3n) is 3.25. The molecule has 0 heterocycles. The molecule has 0 aromatic heterocycles. The van der Waals surface area contributed by atoms with E-state index < -0.39 is 0 Å². The van der Waals surface area contributed by atoms with Crippen LogP contribution in [0.1, 0.15) is 40.2 Å². The molecule has 0 aliphatic rings. The van der Waals surface area contributed by atoms with Gasteiger partial charge in [-0.1, -0.05) is 12.1 Å². The van der Waals surface area contributed by atoms with Crippen molar-refractivity contribution in [2.24, 2.45) is 5.73 Å². The molecule has 1 unspecified atom stereocenters. The minimum atomic E-state index is -0.207. The van der Waals surface area contributed by atoms with E-state index >= 15 is 0 Å². The maximum Gasteiger partial charge on any atom is 0.242 e. The zero-order valence-electron chi connectivity index (χ0n) is 13.2. The molecule has 4 nitrogen and oxygen atoms in total. The van der Waals surface area contributed by atoms with Gasteiger partial charge in [0.1, 0.15) is 6.04 Å². The van der Waals surface area contributed by atoms with E-state index in [4.69, 9.17) is 5.73 Å².